The van der Waals surface area contributed by atoms with E-state index in [2.05, 4.69) is 0 Å². The number of benzene rings is 1. The van der Waals surface area contributed by atoms with Crippen LogP contribution in [-0.4, -0.2) is 43.0 Å². The van der Waals surface area contributed by atoms with Crippen molar-refractivity contribution in [2.24, 2.45) is 5.73 Å². The number of likely N-dealkylation sites (tertiary alicyclic amines) is 1. The number of amides is 2. The SMILES string of the molecule is NCc1ccc2c(c1)N(CC(=O)N1CCCC1)C(=O)CO2. The van der Waals surface area contributed by atoms with Gasteiger partial charge in [-0.15, -0.1) is 0 Å². The van der Waals surface area contributed by atoms with Crippen molar-refractivity contribution in [2.45, 2.75) is 19.4 Å². The van der Waals surface area contributed by atoms with Gasteiger partial charge in [-0.2, -0.15) is 0 Å². The number of rotatable bonds is 3. The zero-order valence-electron chi connectivity index (χ0n) is 11.9. The Morgan fingerprint density at radius 2 is 2.05 bits per heavy atom. The minimum atomic E-state index is -0.191. The molecule has 2 N–H and O–H groups in total. The number of nitrogens with two attached hydrogens (primary N) is 1. The first-order valence-corrected chi connectivity index (χ1v) is 7.23. The highest BCUT2D eigenvalue weighted by molar-refractivity contribution is 6.02. The molecule has 1 aromatic carbocycles. The van der Waals surface area contributed by atoms with Crippen molar-refractivity contribution in [1.82, 2.24) is 4.90 Å². The van der Waals surface area contributed by atoms with Gasteiger partial charge in [-0.05, 0) is 30.5 Å². The molecule has 0 bridgehead atoms. The fraction of sp³-hybridized carbons (Fsp3) is 0.467. The van der Waals surface area contributed by atoms with Gasteiger partial charge in [0.05, 0.1) is 5.69 Å². The molecular formula is C15H19N3O3. The normalized spacial score (nSPS) is 17.7. The Balaban J connectivity index is 1.84. The number of anilines is 1. The van der Waals surface area contributed by atoms with Crippen LogP contribution < -0.4 is 15.4 Å². The van der Waals surface area contributed by atoms with Crippen LogP contribution in [0.4, 0.5) is 5.69 Å². The molecule has 2 amide bonds. The van der Waals surface area contributed by atoms with Crippen molar-refractivity contribution < 1.29 is 14.3 Å². The number of carbonyl (C=O) groups is 2. The third-order valence-corrected chi connectivity index (χ3v) is 3.95. The molecule has 6 heteroatoms. The van der Waals surface area contributed by atoms with E-state index in [0.29, 0.717) is 18.0 Å². The lowest BCUT2D eigenvalue weighted by Gasteiger charge is -2.30. The molecular weight excluding hydrogens is 270 g/mol. The van der Waals surface area contributed by atoms with E-state index in [1.54, 1.807) is 6.07 Å². The first-order valence-electron chi connectivity index (χ1n) is 7.23. The lowest BCUT2D eigenvalue weighted by Crippen LogP contribution is -2.45. The van der Waals surface area contributed by atoms with Gasteiger partial charge in [0.1, 0.15) is 12.3 Å². The summed E-state index contributed by atoms with van der Waals surface area (Å²) in [6, 6.07) is 5.50. The van der Waals surface area contributed by atoms with Crippen LogP contribution in [0.3, 0.4) is 0 Å². The predicted octanol–water partition coefficient (Wildman–Crippen LogP) is 0.493. The smallest absolute Gasteiger partial charge is 0.265 e. The van der Waals surface area contributed by atoms with Crippen LogP contribution >= 0.6 is 0 Å². The highest BCUT2D eigenvalue weighted by atomic mass is 16.5. The van der Waals surface area contributed by atoms with Crippen molar-refractivity contribution in [3.63, 3.8) is 0 Å². The predicted molar refractivity (Wildman–Crippen MR) is 78.0 cm³/mol. The third-order valence-electron chi connectivity index (χ3n) is 3.95. The maximum Gasteiger partial charge on any atom is 0.265 e. The average Bonchev–Trinajstić information content (AvgIpc) is 3.04. The number of ether oxygens (including phenoxy) is 1. The lowest BCUT2D eigenvalue weighted by molar-refractivity contribution is -0.131. The summed E-state index contributed by atoms with van der Waals surface area (Å²) < 4.78 is 5.42. The molecule has 0 radical (unpaired) electrons. The Kier molecular flexibility index (Phi) is 3.79. The second-order valence-electron chi connectivity index (χ2n) is 5.36. The number of fused-ring (bicyclic) bond motifs is 1. The average molecular weight is 289 g/mol. The van der Waals surface area contributed by atoms with Gasteiger partial charge in [0.2, 0.25) is 5.91 Å². The monoisotopic (exact) mass is 289 g/mol. The van der Waals surface area contributed by atoms with E-state index in [0.717, 1.165) is 31.5 Å². The van der Waals surface area contributed by atoms with Crippen molar-refractivity contribution in [3.8, 4) is 5.75 Å². The Morgan fingerprint density at radius 3 is 2.76 bits per heavy atom. The Labute approximate surface area is 123 Å². The molecule has 0 atom stereocenters. The van der Waals surface area contributed by atoms with Gasteiger partial charge in [-0.3, -0.25) is 14.5 Å². The second-order valence-corrected chi connectivity index (χ2v) is 5.36. The van der Waals surface area contributed by atoms with Crippen LogP contribution in [0.5, 0.6) is 5.75 Å². The molecule has 0 aromatic heterocycles. The molecule has 6 nitrogen and oxygen atoms in total. The molecule has 1 fully saturated rings. The number of hydrogen-bond acceptors (Lipinski definition) is 4. The summed E-state index contributed by atoms with van der Waals surface area (Å²) in [6.45, 7) is 2.00. The Hall–Kier alpha value is -2.08. The van der Waals surface area contributed by atoms with Crippen LogP contribution in [0.25, 0.3) is 0 Å². The molecule has 0 unspecified atom stereocenters. The van der Waals surface area contributed by atoms with E-state index in [4.69, 9.17) is 10.5 Å². The van der Waals surface area contributed by atoms with E-state index >= 15 is 0 Å². The highest BCUT2D eigenvalue weighted by Gasteiger charge is 2.29. The summed E-state index contributed by atoms with van der Waals surface area (Å²) in [6.07, 6.45) is 2.08. The van der Waals surface area contributed by atoms with Gasteiger partial charge in [0.15, 0.2) is 6.61 Å². The molecule has 2 aliphatic heterocycles. The summed E-state index contributed by atoms with van der Waals surface area (Å²) in [5.41, 5.74) is 7.19. The second kappa shape index (κ2) is 5.73. The van der Waals surface area contributed by atoms with Crippen LogP contribution in [0, 0.1) is 0 Å². The molecule has 2 aliphatic rings. The van der Waals surface area contributed by atoms with Crippen LogP contribution in [0.15, 0.2) is 18.2 Å². The zero-order valence-corrected chi connectivity index (χ0v) is 11.9. The largest absolute Gasteiger partial charge is 0.482 e. The van der Waals surface area contributed by atoms with E-state index in [9.17, 15) is 9.59 Å². The van der Waals surface area contributed by atoms with Gasteiger partial charge in [0.25, 0.3) is 5.91 Å². The van der Waals surface area contributed by atoms with E-state index in [1.165, 1.54) is 4.90 Å². The molecule has 0 aliphatic carbocycles. The first kappa shape index (κ1) is 13.9. The molecule has 1 saturated heterocycles. The minimum absolute atomic E-state index is 0.00754. The summed E-state index contributed by atoms with van der Waals surface area (Å²) in [5, 5.41) is 0. The highest BCUT2D eigenvalue weighted by Crippen LogP contribution is 2.33. The summed E-state index contributed by atoms with van der Waals surface area (Å²) in [7, 11) is 0. The molecule has 21 heavy (non-hydrogen) atoms. The van der Waals surface area contributed by atoms with E-state index < -0.39 is 0 Å². The molecule has 112 valence electrons. The van der Waals surface area contributed by atoms with E-state index in [-0.39, 0.29) is 25.0 Å². The first-order chi connectivity index (χ1) is 10.2. The number of nitrogens with zero attached hydrogens (tertiary/aromatic N) is 2. The van der Waals surface area contributed by atoms with Gasteiger partial charge >= 0.3 is 0 Å². The zero-order chi connectivity index (χ0) is 14.8. The lowest BCUT2D eigenvalue weighted by atomic mass is 10.1. The fourth-order valence-electron chi connectivity index (χ4n) is 2.75. The van der Waals surface area contributed by atoms with Gasteiger partial charge in [0, 0.05) is 19.6 Å². The standard InChI is InChI=1S/C15H19N3O3/c16-8-11-3-4-13-12(7-11)18(15(20)10-21-13)9-14(19)17-5-1-2-6-17/h3-4,7H,1-2,5-6,8-10,16H2. The molecule has 3 rings (SSSR count). The van der Waals surface area contributed by atoms with Crippen molar-refractivity contribution in [1.29, 1.82) is 0 Å². The molecule has 0 saturated carbocycles. The molecule has 2 heterocycles. The van der Waals surface area contributed by atoms with Gasteiger partial charge in [-0.25, -0.2) is 0 Å². The quantitative estimate of drug-likeness (QED) is 0.879. The summed E-state index contributed by atoms with van der Waals surface area (Å²) >= 11 is 0. The molecule has 1 aromatic rings. The Bertz CT molecular complexity index is 567. The van der Waals surface area contributed by atoms with Crippen LogP contribution in [0.1, 0.15) is 18.4 Å². The van der Waals surface area contributed by atoms with Crippen LogP contribution in [-0.2, 0) is 16.1 Å². The fourth-order valence-corrected chi connectivity index (χ4v) is 2.75. The summed E-state index contributed by atoms with van der Waals surface area (Å²) in [4.78, 5) is 27.7. The maximum absolute atomic E-state index is 12.3. The number of carbonyl (C=O) groups excluding carboxylic acids is 2. The summed E-state index contributed by atoms with van der Waals surface area (Å²) in [5.74, 6) is 0.428. The van der Waals surface area contributed by atoms with Crippen molar-refractivity contribution in [3.05, 3.63) is 23.8 Å². The van der Waals surface area contributed by atoms with Gasteiger partial charge < -0.3 is 15.4 Å². The molecule has 0 spiro atoms. The van der Waals surface area contributed by atoms with Gasteiger partial charge in [-0.1, -0.05) is 6.07 Å². The Morgan fingerprint density at radius 1 is 1.29 bits per heavy atom. The van der Waals surface area contributed by atoms with Crippen molar-refractivity contribution in [2.75, 3.05) is 31.1 Å². The maximum atomic E-state index is 12.3. The minimum Gasteiger partial charge on any atom is -0.482 e. The van der Waals surface area contributed by atoms with Crippen molar-refractivity contribution >= 4 is 17.5 Å². The van der Waals surface area contributed by atoms with E-state index in [1.807, 2.05) is 17.0 Å². The van der Waals surface area contributed by atoms with Crippen LogP contribution in [0.2, 0.25) is 0 Å². The topological polar surface area (TPSA) is 75.9 Å². The third kappa shape index (κ3) is 2.71. The number of hydrogen-bond donors (Lipinski definition) is 1.